The second kappa shape index (κ2) is 8.42. The molecule has 0 aliphatic heterocycles. The smallest absolute Gasteiger partial charge is 0.221 e. The molecule has 1 saturated carbocycles. The van der Waals surface area contributed by atoms with Gasteiger partial charge in [-0.15, -0.1) is 0 Å². The summed E-state index contributed by atoms with van der Waals surface area (Å²) in [5, 5.41) is 2.75. The first-order valence-electron chi connectivity index (χ1n) is 9.86. The molecule has 0 bridgehead atoms. The number of carbonyl (C=O) groups excluding carboxylic acids is 1. The first kappa shape index (κ1) is 19.9. The molecule has 27 heavy (non-hydrogen) atoms. The molecular weight excluding hydrogens is 362 g/mol. The van der Waals surface area contributed by atoms with Crippen LogP contribution in [0.25, 0.3) is 11.0 Å². The van der Waals surface area contributed by atoms with E-state index < -0.39 is 9.84 Å². The summed E-state index contributed by atoms with van der Waals surface area (Å²) in [4.78, 5) is 20.4. The molecule has 1 aliphatic rings. The minimum Gasteiger partial charge on any atom is -0.346 e. The zero-order chi connectivity index (χ0) is 19.4. The van der Waals surface area contributed by atoms with E-state index in [0.29, 0.717) is 0 Å². The monoisotopic (exact) mass is 391 g/mol. The van der Waals surface area contributed by atoms with E-state index in [2.05, 4.69) is 29.1 Å². The van der Waals surface area contributed by atoms with Crippen molar-refractivity contribution in [1.82, 2.24) is 15.3 Å². The number of nitrogens with one attached hydrogen (secondary N) is 2. The molecule has 0 radical (unpaired) electrons. The number of aromatic nitrogens is 2. The Labute approximate surface area is 161 Å². The van der Waals surface area contributed by atoms with Crippen LogP contribution in [0.5, 0.6) is 0 Å². The van der Waals surface area contributed by atoms with Crippen molar-refractivity contribution in [1.29, 1.82) is 0 Å². The number of para-hydroxylation sites is 2. The van der Waals surface area contributed by atoms with Gasteiger partial charge in [-0.2, -0.15) is 0 Å². The fourth-order valence-corrected chi connectivity index (χ4v) is 5.59. The van der Waals surface area contributed by atoms with Crippen LogP contribution in [-0.2, 0) is 14.6 Å². The molecule has 148 valence electrons. The number of nitrogens with zero attached hydrogens (tertiary/aromatic N) is 1. The number of aromatic amines is 1. The second-order valence-corrected chi connectivity index (χ2v) is 9.99. The highest BCUT2D eigenvalue weighted by Crippen LogP contribution is 2.27. The fourth-order valence-electron chi connectivity index (χ4n) is 3.73. The largest absolute Gasteiger partial charge is 0.346 e. The predicted octanol–water partition coefficient (Wildman–Crippen LogP) is 3.51. The number of H-pyrrole nitrogens is 1. The molecule has 3 rings (SSSR count). The number of amides is 1. The first-order chi connectivity index (χ1) is 12.9. The van der Waals surface area contributed by atoms with Crippen LogP contribution in [0.3, 0.4) is 0 Å². The highest BCUT2D eigenvalue weighted by atomic mass is 32.2. The summed E-state index contributed by atoms with van der Waals surface area (Å²) in [5.74, 6) is 0.595. The SMILES string of the molecule is CCC(C)C(NC(=O)CCS(=O)(=O)C1CCCC1)c1nc2ccccc2[nH]1. The number of sulfone groups is 1. The van der Waals surface area contributed by atoms with Gasteiger partial charge >= 0.3 is 0 Å². The molecule has 1 aromatic carbocycles. The summed E-state index contributed by atoms with van der Waals surface area (Å²) in [6, 6.07) is 7.49. The lowest BCUT2D eigenvalue weighted by atomic mass is 9.98. The van der Waals surface area contributed by atoms with E-state index in [4.69, 9.17) is 0 Å². The summed E-state index contributed by atoms with van der Waals surface area (Å²) < 4.78 is 24.8. The van der Waals surface area contributed by atoms with E-state index in [1.54, 1.807) is 0 Å². The molecule has 1 fully saturated rings. The Bertz CT molecular complexity index is 852. The van der Waals surface area contributed by atoms with Crippen molar-refractivity contribution in [2.24, 2.45) is 5.92 Å². The fraction of sp³-hybridized carbons (Fsp3) is 0.600. The third-order valence-corrected chi connectivity index (χ3v) is 7.92. The molecular formula is C20H29N3O3S. The van der Waals surface area contributed by atoms with Gasteiger partial charge in [0.2, 0.25) is 5.91 Å². The van der Waals surface area contributed by atoms with Gasteiger partial charge in [0.1, 0.15) is 5.82 Å². The number of benzene rings is 1. The van der Waals surface area contributed by atoms with Gasteiger partial charge in [-0.25, -0.2) is 13.4 Å². The maximum atomic E-state index is 12.5. The van der Waals surface area contributed by atoms with Gasteiger partial charge in [0.25, 0.3) is 0 Å². The van der Waals surface area contributed by atoms with E-state index >= 15 is 0 Å². The van der Waals surface area contributed by atoms with Gasteiger partial charge < -0.3 is 10.3 Å². The van der Waals surface area contributed by atoms with Crippen LogP contribution in [0.15, 0.2) is 24.3 Å². The molecule has 0 saturated heterocycles. The Hall–Kier alpha value is -1.89. The zero-order valence-corrected chi connectivity index (χ0v) is 16.9. The molecule has 0 spiro atoms. The molecule has 1 aliphatic carbocycles. The molecule has 2 aromatic rings. The highest BCUT2D eigenvalue weighted by molar-refractivity contribution is 7.92. The third kappa shape index (κ3) is 4.69. The van der Waals surface area contributed by atoms with Crippen LogP contribution in [0, 0.1) is 5.92 Å². The molecule has 1 heterocycles. The first-order valence-corrected chi connectivity index (χ1v) is 11.6. The molecule has 1 aromatic heterocycles. The lowest BCUT2D eigenvalue weighted by Gasteiger charge is -2.22. The molecule has 2 atom stereocenters. The number of hydrogen-bond donors (Lipinski definition) is 2. The van der Waals surface area contributed by atoms with Crippen LogP contribution in [-0.4, -0.2) is 35.3 Å². The number of fused-ring (bicyclic) bond motifs is 1. The lowest BCUT2D eigenvalue weighted by molar-refractivity contribution is -0.121. The van der Waals surface area contributed by atoms with Gasteiger partial charge in [-0.1, -0.05) is 45.2 Å². The van der Waals surface area contributed by atoms with Crippen molar-refractivity contribution >= 4 is 26.8 Å². The van der Waals surface area contributed by atoms with Crippen molar-refractivity contribution in [2.45, 2.75) is 63.7 Å². The van der Waals surface area contributed by atoms with E-state index in [0.717, 1.165) is 49.0 Å². The summed E-state index contributed by atoms with van der Waals surface area (Å²) in [5.41, 5.74) is 1.79. The number of rotatable bonds is 8. The van der Waals surface area contributed by atoms with Gasteiger partial charge in [-0.3, -0.25) is 4.79 Å². The normalized spacial score (nSPS) is 17.9. The lowest BCUT2D eigenvalue weighted by Crippen LogP contribution is -2.35. The van der Waals surface area contributed by atoms with Crippen molar-refractivity contribution in [3.63, 3.8) is 0 Å². The molecule has 7 heteroatoms. The van der Waals surface area contributed by atoms with Gasteiger partial charge in [-0.05, 0) is 30.9 Å². The van der Waals surface area contributed by atoms with Gasteiger partial charge in [0.05, 0.1) is 28.1 Å². The van der Waals surface area contributed by atoms with Crippen LogP contribution < -0.4 is 5.32 Å². The number of hydrogen-bond acceptors (Lipinski definition) is 4. The van der Waals surface area contributed by atoms with Crippen molar-refractivity contribution < 1.29 is 13.2 Å². The van der Waals surface area contributed by atoms with Crippen molar-refractivity contribution in [2.75, 3.05) is 5.75 Å². The minimum absolute atomic E-state index is 0.00595. The Balaban J connectivity index is 1.68. The maximum absolute atomic E-state index is 12.5. The van der Waals surface area contributed by atoms with Crippen LogP contribution >= 0.6 is 0 Å². The minimum atomic E-state index is -3.19. The summed E-state index contributed by atoms with van der Waals surface area (Å²) in [6.07, 6.45) is 4.29. The highest BCUT2D eigenvalue weighted by Gasteiger charge is 2.30. The van der Waals surface area contributed by atoms with Gasteiger partial charge in [0, 0.05) is 6.42 Å². The molecule has 6 nitrogen and oxygen atoms in total. The predicted molar refractivity (Wildman–Crippen MR) is 107 cm³/mol. The van der Waals surface area contributed by atoms with Gasteiger partial charge in [0.15, 0.2) is 9.84 Å². The third-order valence-electron chi connectivity index (χ3n) is 5.66. The Morgan fingerprint density at radius 1 is 1.30 bits per heavy atom. The summed E-state index contributed by atoms with van der Waals surface area (Å²) >= 11 is 0. The van der Waals surface area contributed by atoms with Crippen molar-refractivity contribution in [3.05, 3.63) is 30.1 Å². The zero-order valence-electron chi connectivity index (χ0n) is 16.1. The maximum Gasteiger partial charge on any atom is 0.221 e. The number of imidazole rings is 1. The van der Waals surface area contributed by atoms with E-state index in [9.17, 15) is 13.2 Å². The van der Waals surface area contributed by atoms with E-state index in [1.807, 2.05) is 24.3 Å². The Morgan fingerprint density at radius 3 is 2.67 bits per heavy atom. The summed E-state index contributed by atoms with van der Waals surface area (Å²) in [7, 11) is -3.19. The van der Waals surface area contributed by atoms with Crippen LogP contribution in [0.1, 0.15) is 64.2 Å². The van der Waals surface area contributed by atoms with Crippen LogP contribution in [0.4, 0.5) is 0 Å². The standard InChI is InChI=1S/C20H29N3O3S/c1-3-14(2)19(20-21-16-10-6-7-11-17(16)22-20)23-18(24)12-13-27(25,26)15-8-4-5-9-15/h6-7,10-11,14-15,19H,3-5,8-9,12-13H2,1-2H3,(H,21,22)(H,23,24). The van der Waals surface area contributed by atoms with Crippen molar-refractivity contribution in [3.8, 4) is 0 Å². The number of carbonyl (C=O) groups is 1. The topological polar surface area (TPSA) is 91.9 Å². The van der Waals surface area contributed by atoms with E-state index in [1.165, 1.54) is 0 Å². The quantitative estimate of drug-likeness (QED) is 0.720. The molecule has 2 unspecified atom stereocenters. The average Bonchev–Trinajstić information content (AvgIpc) is 3.33. The second-order valence-electron chi connectivity index (χ2n) is 7.59. The summed E-state index contributed by atoms with van der Waals surface area (Å²) in [6.45, 7) is 4.13. The Kier molecular flexibility index (Phi) is 6.19. The Morgan fingerprint density at radius 2 is 2.00 bits per heavy atom. The van der Waals surface area contributed by atoms with Crippen LogP contribution in [0.2, 0.25) is 0 Å². The molecule has 1 amide bonds. The average molecular weight is 392 g/mol. The van der Waals surface area contributed by atoms with E-state index in [-0.39, 0.29) is 35.3 Å². The molecule has 2 N–H and O–H groups in total.